The van der Waals surface area contributed by atoms with E-state index in [0.29, 0.717) is 19.5 Å². The quantitative estimate of drug-likeness (QED) is 0.636. The molecule has 1 aliphatic rings. The summed E-state index contributed by atoms with van der Waals surface area (Å²) in [6, 6.07) is 0. The summed E-state index contributed by atoms with van der Waals surface area (Å²) < 4.78 is 4.34. The Bertz CT molecular complexity index is 429. The van der Waals surface area contributed by atoms with E-state index in [1.807, 2.05) is 0 Å². The highest BCUT2D eigenvalue weighted by molar-refractivity contribution is 5.96. The van der Waals surface area contributed by atoms with Gasteiger partial charge in [-0.15, -0.1) is 0 Å². The molecule has 16 heavy (non-hydrogen) atoms. The average Bonchev–Trinajstić information content (AvgIpc) is 2.84. The lowest BCUT2D eigenvalue weighted by atomic mass is 10.1. The molecule has 4 N–H and O–H groups in total. The Balaban J connectivity index is 2.08. The fourth-order valence-corrected chi connectivity index (χ4v) is 1.67. The number of carbonyl (C=O) groups excluding carboxylic acids is 2. The number of carbonyl (C=O) groups is 2. The molecule has 0 bridgehead atoms. The van der Waals surface area contributed by atoms with Gasteiger partial charge in [0.15, 0.2) is 0 Å². The third-order valence-electron chi connectivity index (χ3n) is 2.59. The molecule has 1 unspecified atom stereocenters. The van der Waals surface area contributed by atoms with E-state index in [-0.39, 0.29) is 23.3 Å². The Labute approximate surface area is 90.5 Å². The zero-order valence-electron chi connectivity index (χ0n) is 8.42. The van der Waals surface area contributed by atoms with E-state index in [1.54, 1.807) is 0 Å². The molecule has 86 valence electrons. The van der Waals surface area contributed by atoms with Gasteiger partial charge in [-0.1, -0.05) is 0 Å². The van der Waals surface area contributed by atoms with Crippen molar-refractivity contribution in [3.63, 3.8) is 0 Å². The van der Waals surface area contributed by atoms with Gasteiger partial charge in [0, 0.05) is 13.1 Å². The number of hydrogen-bond donors (Lipinski definition) is 2. The van der Waals surface area contributed by atoms with E-state index in [1.165, 1.54) is 4.90 Å². The molecule has 1 aliphatic heterocycles. The molecule has 1 fully saturated rings. The average molecular weight is 225 g/mol. The maximum atomic E-state index is 11.8. The van der Waals surface area contributed by atoms with Gasteiger partial charge in [0.2, 0.25) is 17.4 Å². The van der Waals surface area contributed by atoms with Crippen LogP contribution in [0.3, 0.4) is 0 Å². The maximum Gasteiger partial charge on any atom is 0.280 e. The third kappa shape index (κ3) is 1.69. The fourth-order valence-electron chi connectivity index (χ4n) is 1.67. The zero-order valence-corrected chi connectivity index (χ0v) is 8.42. The van der Waals surface area contributed by atoms with Crippen LogP contribution < -0.4 is 11.5 Å². The first-order valence-electron chi connectivity index (χ1n) is 4.76. The number of likely N-dealkylation sites (tertiary alicyclic amines) is 1. The van der Waals surface area contributed by atoms with Crippen molar-refractivity contribution in [2.75, 3.05) is 18.8 Å². The van der Waals surface area contributed by atoms with Crippen molar-refractivity contribution in [3.05, 3.63) is 5.69 Å². The van der Waals surface area contributed by atoms with Crippen LogP contribution in [0.25, 0.3) is 0 Å². The van der Waals surface area contributed by atoms with Crippen molar-refractivity contribution in [1.29, 1.82) is 0 Å². The summed E-state index contributed by atoms with van der Waals surface area (Å²) >= 11 is 0. The molecule has 8 nitrogen and oxygen atoms in total. The standard InChI is InChI=1S/C8H11N5O3/c9-6-5(11-16-12-6)8(15)13-2-1-4(3-13)7(10)14/h4H,1-3H2,(H2,9,12)(H2,10,14). The first-order valence-corrected chi connectivity index (χ1v) is 4.76. The number of amides is 2. The smallest absolute Gasteiger partial charge is 0.280 e. The first kappa shape index (κ1) is 10.4. The minimum Gasteiger partial charge on any atom is -0.379 e. The minimum absolute atomic E-state index is 0.0230. The van der Waals surface area contributed by atoms with Gasteiger partial charge in [0.05, 0.1) is 5.92 Å². The molecule has 8 heteroatoms. The van der Waals surface area contributed by atoms with Gasteiger partial charge in [-0.05, 0) is 16.7 Å². The van der Waals surface area contributed by atoms with Crippen molar-refractivity contribution >= 4 is 17.6 Å². The van der Waals surface area contributed by atoms with Crippen molar-refractivity contribution in [1.82, 2.24) is 15.2 Å². The number of primary amides is 1. The van der Waals surface area contributed by atoms with Crippen LogP contribution in [0.1, 0.15) is 16.9 Å². The SMILES string of the molecule is NC(=O)C1CCN(C(=O)c2nonc2N)C1. The predicted molar refractivity (Wildman–Crippen MR) is 51.9 cm³/mol. The fraction of sp³-hybridized carbons (Fsp3) is 0.500. The monoisotopic (exact) mass is 225 g/mol. The van der Waals surface area contributed by atoms with Crippen LogP contribution in [0.15, 0.2) is 4.63 Å². The molecule has 0 aliphatic carbocycles. The third-order valence-corrected chi connectivity index (χ3v) is 2.59. The molecule has 2 rings (SSSR count). The Morgan fingerprint density at radius 3 is 2.69 bits per heavy atom. The van der Waals surface area contributed by atoms with Crippen LogP contribution >= 0.6 is 0 Å². The molecule has 1 aromatic heterocycles. The van der Waals surface area contributed by atoms with Crippen LogP contribution in [0.5, 0.6) is 0 Å². The number of aromatic nitrogens is 2. The summed E-state index contributed by atoms with van der Waals surface area (Å²) in [5.74, 6) is -1.14. The second-order valence-corrected chi connectivity index (χ2v) is 3.64. The highest BCUT2D eigenvalue weighted by Gasteiger charge is 2.32. The molecule has 0 radical (unpaired) electrons. The summed E-state index contributed by atoms with van der Waals surface area (Å²) in [7, 11) is 0. The number of nitrogens with two attached hydrogens (primary N) is 2. The highest BCUT2D eigenvalue weighted by atomic mass is 16.6. The lowest BCUT2D eigenvalue weighted by molar-refractivity contribution is -0.121. The van der Waals surface area contributed by atoms with Crippen molar-refractivity contribution in [2.45, 2.75) is 6.42 Å². The largest absolute Gasteiger partial charge is 0.379 e. The molecule has 2 heterocycles. The van der Waals surface area contributed by atoms with Crippen LogP contribution in [0.4, 0.5) is 5.82 Å². The van der Waals surface area contributed by atoms with Crippen molar-refractivity contribution in [3.8, 4) is 0 Å². The topological polar surface area (TPSA) is 128 Å². The molecule has 0 spiro atoms. The van der Waals surface area contributed by atoms with E-state index in [0.717, 1.165) is 0 Å². The van der Waals surface area contributed by atoms with E-state index >= 15 is 0 Å². The van der Waals surface area contributed by atoms with E-state index in [4.69, 9.17) is 11.5 Å². The Morgan fingerprint density at radius 2 is 2.19 bits per heavy atom. The van der Waals surface area contributed by atoms with Crippen LogP contribution in [-0.4, -0.2) is 40.1 Å². The second kappa shape index (κ2) is 3.80. The van der Waals surface area contributed by atoms with Crippen molar-refractivity contribution in [2.24, 2.45) is 11.7 Å². The molecule has 1 saturated heterocycles. The summed E-state index contributed by atoms with van der Waals surface area (Å²) in [6.45, 7) is 0.749. The van der Waals surface area contributed by atoms with E-state index in [9.17, 15) is 9.59 Å². The van der Waals surface area contributed by atoms with Crippen LogP contribution in [0.2, 0.25) is 0 Å². The maximum absolute atomic E-state index is 11.8. The Hall–Kier alpha value is -2.12. The second-order valence-electron chi connectivity index (χ2n) is 3.64. The first-order chi connectivity index (χ1) is 7.59. The molecule has 0 aromatic carbocycles. The molecule has 1 aromatic rings. The minimum atomic E-state index is -0.401. The highest BCUT2D eigenvalue weighted by Crippen LogP contribution is 2.19. The molecular formula is C8H11N5O3. The Morgan fingerprint density at radius 1 is 1.44 bits per heavy atom. The lowest BCUT2D eigenvalue weighted by Gasteiger charge is -2.13. The summed E-state index contributed by atoms with van der Waals surface area (Å²) in [6.07, 6.45) is 0.562. The van der Waals surface area contributed by atoms with Gasteiger partial charge in [0.1, 0.15) is 0 Å². The lowest BCUT2D eigenvalue weighted by Crippen LogP contribution is -2.32. The van der Waals surface area contributed by atoms with Gasteiger partial charge >= 0.3 is 0 Å². The molecular weight excluding hydrogens is 214 g/mol. The van der Waals surface area contributed by atoms with E-state index in [2.05, 4.69) is 14.9 Å². The van der Waals surface area contributed by atoms with Gasteiger partial charge in [-0.3, -0.25) is 9.59 Å². The van der Waals surface area contributed by atoms with E-state index < -0.39 is 5.91 Å². The zero-order chi connectivity index (χ0) is 11.7. The van der Waals surface area contributed by atoms with Crippen LogP contribution in [-0.2, 0) is 4.79 Å². The Kier molecular flexibility index (Phi) is 2.47. The molecule has 1 atom stereocenters. The summed E-state index contributed by atoms with van der Waals surface area (Å²) in [4.78, 5) is 24.2. The summed E-state index contributed by atoms with van der Waals surface area (Å²) in [5.41, 5.74) is 10.5. The van der Waals surface area contributed by atoms with Gasteiger partial charge < -0.3 is 16.4 Å². The molecule has 0 saturated carbocycles. The number of hydrogen-bond acceptors (Lipinski definition) is 6. The number of rotatable bonds is 2. The number of nitrogens with zero attached hydrogens (tertiary/aromatic N) is 3. The van der Waals surface area contributed by atoms with Gasteiger partial charge in [0.25, 0.3) is 5.91 Å². The van der Waals surface area contributed by atoms with Gasteiger partial charge in [-0.2, -0.15) is 0 Å². The number of nitrogen functional groups attached to an aromatic ring is 1. The van der Waals surface area contributed by atoms with Crippen molar-refractivity contribution < 1.29 is 14.2 Å². The van der Waals surface area contributed by atoms with Crippen LogP contribution in [0, 0.1) is 5.92 Å². The predicted octanol–water partition coefficient (Wildman–Crippen LogP) is -1.40. The van der Waals surface area contributed by atoms with Gasteiger partial charge in [-0.25, -0.2) is 4.63 Å². The normalized spacial score (nSPS) is 20.0. The molecule has 2 amide bonds. The summed E-state index contributed by atoms with van der Waals surface area (Å²) in [5, 5.41) is 6.73. The number of anilines is 1.